The molecule has 98 valence electrons. The van der Waals surface area contributed by atoms with Crippen molar-refractivity contribution in [1.82, 2.24) is 0 Å². The number of rotatable bonds is 4. The smallest absolute Gasteiger partial charge is 0.262 e. The summed E-state index contributed by atoms with van der Waals surface area (Å²) >= 11 is 0. The molecule has 1 aliphatic rings. The Balaban J connectivity index is 2.15. The molecule has 0 aromatic heterocycles. The summed E-state index contributed by atoms with van der Waals surface area (Å²) in [5.74, 6) is 0.933. The van der Waals surface area contributed by atoms with Gasteiger partial charge in [0.25, 0.3) is 5.91 Å². The van der Waals surface area contributed by atoms with Crippen LogP contribution in [0.4, 0.5) is 5.69 Å². The molecule has 5 N–H and O–H groups in total. The molecule has 1 aliphatic heterocycles. The number of fused-ring (bicyclic) bond motifs is 1. The van der Waals surface area contributed by atoms with Gasteiger partial charge in [-0.25, -0.2) is 0 Å². The Morgan fingerprint density at radius 1 is 1.50 bits per heavy atom. The van der Waals surface area contributed by atoms with Crippen molar-refractivity contribution in [2.45, 2.75) is 19.4 Å². The summed E-state index contributed by atoms with van der Waals surface area (Å²) in [5, 5.41) is 2.78. The lowest BCUT2D eigenvalue weighted by Gasteiger charge is -2.21. The summed E-state index contributed by atoms with van der Waals surface area (Å²) in [4.78, 5) is 11.2. The number of hydrogen-bond donors (Lipinski definition) is 3. The topological polar surface area (TPSA) is 90.4 Å². The van der Waals surface area contributed by atoms with Gasteiger partial charge in [0.15, 0.2) is 6.61 Å². The molecule has 0 radical (unpaired) electrons. The molecule has 0 fully saturated rings. The first-order chi connectivity index (χ1) is 8.60. The Morgan fingerprint density at radius 2 is 2.28 bits per heavy atom. The first-order valence-corrected chi connectivity index (χ1v) is 6.12. The van der Waals surface area contributed by atoms with Gasteiger partial charge < -0.3 is 21.5 Å². The highest BCUT2D eigenvalue weighted by Gasteiger charge is 2.18. The Hall–Kier alpha value is -1.59. The predicted molar refractivity (Wildman–Crippen MR) is 70.3 cm³/mol. The summed E-state index contributed by atoms with van der Waals surface area (Å²) in [6.07, 6.45) is 0.824. The van der Waals surface area contributed by atoms with Crippen molar-refractivity contribution in [3.63, 3.8) is 0 Å². The van der Waals surface area contributed by atoms with E-state index in [1.807, 2.05) is 18.2 Å². The van der Waals surface area contributed by atoms with E-state index in [1.165, 1.54) is 0 Å². The summed E-state index contributed by atoms with van der Waals surface area (Å²) in [5.41, 5.74) is 13.4. The highest BCUT2D eigenvalue weighted by atomic mass is 16.5. The van der Waals surface area contributed by atoms with Gasteiger partial charge in [-0.15, -0.1) is 0 Å². The zero-order chi connectivity index (χ0) is 13.1. The van der Waals surface area contributed by atoms with Crippen molar-refractivity contribution < 1.29 is 9.53 Å². The number of hydrogen-bond acceptors (Lipinski definition) is 4. The summed E-state index contributed by atoms with van der Waals surface area (Å²) in [6, 6.07) is 5.58. The van der Waals surface area contributed by atoms with Gasteiger partial charge in [-0.05, 0) is 36.6 Å². The second-order valence-electron chi connectivity index (χ2n) is 4.78. The van der Waals surface area contributed by atoms with Gasteiger partial charge in [-0.1, -0.05) is 13.0 Å². The standard InChI is InChI=1S/C13H19N3O2/c1-8(6-14)4-10(15)9-2-3-12-11(5-9)16-13(17)7-18-12/h2-3,5,8,10H,4,6-7,14-15H2,1H3,(H,16,17). The Bertz CT molecular complexity index is 448. The highest BCUT2D eigenvalue weighted by Crippen LogP contribution is 2.31. The van der Waals surface area contributed by atoms with Crippen LogP contribution in [0.5, 0.6) is 5.75 Å². The van der Waals surface area contributed by atoms with Crippen molar-refractivity contribution in [3.8, 4) is 5.75 Å². The van der Waals surface area contributed by atoms with E-state index < -0.39 is 0 Å². The summed E-state index contributed by atoms with van der Waals surface area (Å²) in [7, 11) is 0. The SMILES string of the molecule is CC(CN)CC(N)c1ccc2c(c1)NC(=O)CO2. The third-order valence-electron chi connectivity index (χ3n) is 3.12. The lowest BCUT2D eigenvalue weighted by atomic mass is 9.96. The fourth-order valence-electron chi connectivity index (χ4n) is 2.00. The van der Waals surface area contributed by atoms with Crippen molar-refractivity contribution in [1.29, 1.82) is 0 Å². The van der Waals surface area contributed by atoms with Crippen LogP contribution in [0.1, 0.15) is 24.9 Å². The van der Waals surface area contributed by atoms with Crippen LogP contribution in [0.15, 0.2) is 18.2 Å². The normalized spacial score (nSPS) is 17.4. The van der Waals surface area contributed by atoms with E-state index >= 15 is 0 Å². The number of amides is 1. The van der Waals surface area contributed by atoms with Crippen LogP contribution < -0.4 is 21.5 Å². The number of nitrogens with one attached hydrogen (secondary N) is 1. The van der Waals surface area contributed by atoms with Crippen LogP contribution in [0, 0.1) is 5.92 Å². The molecule has 2 unspecified atom stereocenters. The third-order valence-corrected chi connectivity index (χ3v) is 3.12. The van der Waals surface area contributed by atoms with Gasteiger partial charge in [0.1, 0.15) is 5.75 Å². The minimum absolute atomic E-state index is 0.0720. The van der Waals surface area contributed by atoms with Crippen molar-refractivity contribution in [2.24, 2.45) is 17.4 Å². The quantitative estimate of drug-likeness (QED) is 0.742. The maximum Gasteiger partial charge on any atom is 0.262 e. The molecule has 1 amide bonds. The van der Waals surface area contributed by atoms with Gasteiger partial charge in [-0.2, -0.15) is 0 Å². The number of anilines is 1. The Morgan fingerprint density at radius 3 is 3.00 bits per heavy atom. The number of carbonyl (C=O) groups excluding carboxylic acids is 1. The average Bonchev–Trinajstić information content (AvgIpc) is 2.37. The fourth-order valence-corrected chi connectivity index (χ4v) is 2.00. The first-order valence-electron chi connectivity index (χ1n) is 6.12. The lowest BCUT2D eigenvalue weighted by molar-refractivity contribution is -0.118. The molecule has 0 saturated carbocycles. The maximum atomic E-state index is 11.2. The van der Waals surface area contributed by atoms with E-state index in [9.17, 15) is 4.79 Å². The minimum Gasteiger partial charge on any atom is -0.482 e. The first kappa shape index (κ1) is 12.9. The number of nitrogens with two attached hydrogens (primary N) is 2. The minimum atomic E-state index is -0.136. The molecule has 1 heterocycles. The van der Waals surface area contributed by atoms with E-state index in [0.29, 0.717) is 23.9 Å². The number of ether oxygens (including phenoxy) is 1. The molecule has 5 nitrogen and oxygen atoms in total. The fraction of sp³-hybridized carbons (Fsp3) is 0.462. The maximum absolute atomic E-state index is 11.2. The highest BCUT2D eigenvalue weighted by molar-refractivity contribution is 5.95. The van der Waals surface area contributed by atoms with E-state index in [-0.39, 0.29) is 18.6 Å². The van der Waals surface area contributed by atoms with E-state index in [1.54, 1.807) is 0 Å². The second-order valence-corrected chi connectivity index (χ2v) is 4.78. The zero-order valence-electron chi connectivity index (χ0n) is 10.5. The third kappa shape index (κ3) is 2.80. The summed E-state index contributed by atoms with van der Waals surface area (Å²) in [6.45, 7) is 2.77. The lowest BCUT2D eigenvalue weighted by Crippen LogP contribution is -2.26. The van der Waals surface area contributed by atoms with Crippen LogP contribution >= 0.6 is 0 Å². The molecule has 1 aromatic rings. The van der Waals surface area contributed by atoms with Crippen LogP contribution in [0.2, 0.25) is 0 Å². The van der Waals surface area contributed by atoms with Crippen LogP contribution in [0.3, 0.4) is 0 Å². The molecule has 18 heavy (non-hydrogen) atoms. The van der Waals surface area contributed by atoms with Crippen molar-refractivity contribution in [3.05, 3.63) is 23.8 Å². The van der Waals surface area contributed by atoms with Gasteiger partial charge in [0.2, 0.25) is 0 Å². The molecule has 0 bridgehead atoms. The molecule has 5 heteroatoms. The van der Waals surface area contributed by atoms with Crippen molar-refractivity contribution >= 4 is 11.6 Å². The molecular weight excluding hydrogens is 230 g/mol. The number of carbonyl (C=O) groups is 1. The number of benzene rings is 1. The molecular formula is C13H19N3O2. The zero-order valence-corrected chi connectivity index (χ0v) is 10.5. The van der Waals surface area contributed by atoms with Gasteiger partial charge in [0.05, 0.1) is 5.69 Å². The van der Waals surface area contributed by atoms with Gasteiger partial charge in [0, 0.05) is 6.04 Å². The van der Waals surface area contributed by atoms with Crippen molar-refractivity contribution in [2.75, 3.05) is 18.5 Å². The molecule has 0 saturated heterocycles. The Labute approximate surface area is 106 Å². The predicted octanol–water partition coefficient (Wildman–Crippen LogP) is 1.00. The van der Waals surface area contributed by atoms with Crippen LogP contribution in [-0.2, 0) is 4.79 Å². The molecule has 1 aromatic carbocycles. The van der Waals surface area contributed by atoms with E-state index in [4.69, 9.17) is 16.2 Å². The van der Waals surface area contributed by atoms with Gasteiger partial charge >= 0.3 is 0 Å². The molecule has 0 spiro atoms. The largest absolute Gasteiger partial charge is 0.482 e. The molecule has 2 atom stereocenters. The average molecular weight is 249 g/mol. The van der Waals surface area contributed by atoms with Gasteiger partial charge in [-0.3, -0.25) is 4.79 Å². The van der Waals surface area contributed by atoms with E-state index in [0.717, 1.165) is 12.0 Å². The molecule has 2 rings (SSSR count). The second kappa shape index (κ2) is 5.37. The van der Waals surface area contributed by atoms with Crippen LogP contribution in [0.25, 0.3) is 0 Å². The Kier molecular flexibility index (Phi) is 3.84. The molecule has 0 aliphatic carbocycles. The monoisotopic (exact) mass is 249 g/mol. The summed E-state index contributed by atoms with van der Waals surface area (Å²) < 4.78 is 5.30. The van der Waals surface area contributed by atoms with E-state index in [2.05, 4.69) is 12.2 Å². The van der Waals surface area contributed by atoms with Crippen LogP contribution in [-0.4, -0.2) is 19.1 Å².